The molecule has 9 nitrogen and oxygen atoms in total. The molecule has 7 aromatic rings. The van der Waals surface area contributed by atoms with Crippen LogP contribution in [-0.2, 0) is 12.1 Å². The smallest absolute Gasteiger partial charge is 0.322 e. The monoisotopic (exact) mass is 776 g/mol. The summed E-state index contributed by atoms with van der Waals surface area (Å²) < 4.78 is 51.5. The van der Waals surface area contributed by atoms with Gasteiger partial charge in [0, 0.05) is 36.0 Å². The summed E-state index contributed by atoms with van der Waals surface area (Å²) in [5.74, 6) is -2.56. The first-order chi connectivity index (χ1) is 27.2. The average molecular weight is 777 g/mol. The highest BCUT2D eigenvalue weighted by Gasteiger charge is 2.39. The molecule has 2 heterocycles. The van der Waals surface area contributed by atoms with E-state index in [9.17, 15) is 23.1 Å². The first-order valence-corrected chi connectivity index (χ1v) is 18.2. The lowest BCUT2D eigenvalue weighted by atomic mass is 9.77. The predicted molar refractivity (Wildman–Crippen MR) is 208 cm³/mol. The van der Waals surface area contributed by atoms with Crippen LogP contribution < -0.4 is 10.1 Å². The molecule has 0 unspecified atom stereocenters. The summed E-state index contributed by atoms with van der Waals surface area (Å²) >= 11 is 5.92. The number of anilines is 1. The van der Waals surface area contributed by atoms with Crippen molar-refractivity contribution < 1.29 is 27.8 Å². The number of benzene rings is 5. The van der Waals surface area contributed by atoms with Crippen LogP contribution in [0.3, 0.4) is 0 Å². The Bertz CT molecular complexity index is 2360. The fourth-order valence-corrected chi connectivity index (χ4v) is 7.10. The van der Waals surface area contributed by atoms with Gasteiger partial charge in [-0.1, -0.05) is 103 Å². The minimum atomic E-state index is -1.11. The van der Waals surface area contributed by atoms with Crippen molar-refractivity contribution in [2.24, 2.45) is 0 Å². The van der Waals surface area contributed by atoms with Gasteiger partial charge in [0.15, 0.2) is 24.1 Å². The number of pyridine rings is 1. The van der Waals surface area contributed by atoms with Gasteiger partial charge in [0.2, 0.25) is 5.88 Å². The highest BCUT2D eigenvalue weighted by Crippen LogP contribution is 2.40. The van der Waals surface area contributed by atoms with Gasteiger partial charge in [0.25, 0.3) is 0 Å². The van der Waals surface area contributed by atoms with Crippen molar-refractivity contribution >= 4 is 34.1 Å². The minimum Gasteiger partial charge on any atom is -0.469 e. The molecule has 2 amide bonds. The van der Waals surface area contributed by atoms with Crippen molar-refractivity contribution in [1.29, 1.82) is 0 Å². The highest BCUT2D eigenvalue weighted by molar-refractivity contribution is 6.31. The number of nitrogens with one attached hydrogen (secondary N) is 1. The quantitative estimate of drug-likeness (QED) is 0.113. The molecule has 284 valence electrons. The van der Waals surface area contributed by atoms with Crippen molar-refractivity contribution in [3.8, 4) is 5.88 Å². The normalized spacial score (nSPS) is 12.0. The minimum absolute atomic E-state index is 0.000967. The average Bonchev–Trinajstić information content (AvgIpc) is 3.69. The van der Waals surface area contributed by atoms with Gasteiger partial charge in [-0.3, -0.25) is 0 Å². The summed E-state index contributed by atoms with van der Waals surface area (Å²) in [7, 11) is 0. The Labute approximate surface area is 326 Å². The van der Waals surface area contributed by atoms with Crippen LogP contribution in [-0.4, -0.2) is 48.9 Å². The first kappa shape index (κ1) is 38.1. The summed E-state index contributed by atoms with van der Waals surface area (Å²) in [4.78, 5) is 24.1. The van der Waals surface area contributed by atoms with Crippen LogP contribution in [0.15, 0.2) is 134 Å². The molecule has 13 heteroatoms. The molecule has 0 radical (unpaired) electrons. The lowest BCUT2D eigenvalue weighted by molar-refractivity contribution is 0.182. The number of fused-ring (bicyclic) bond motifs is 1. The summed E-state index contributed by atoms with van der Waals surface area (Å²) in [6.07, 6.45) is 3.30. The number of aromatic nitrogens is 4. The number of hydrogen-bond donors (Lipinski definition) is 2. The van der Waals surface area contributed by atoms with Gasteiger partial charge in [-0.15, -0.1) is 0 Å². The number of carbonyl (C=O) groups excluding carboxylic acids is 1. The zero-order valence-corrected chi connectivity index (χ0v) is 30.9. The van der Waals surface area contributed by atoms with Gasteiger partial charge < -0.3 is 20.1 Å². The van der Waals surface area contributed by atoms with E-state index < -0.39 is 35.1 Å². The molecule has 2 N–H and O–H groups in total. The Balaban J connectivity index is 1.22. The van der Waals surface area contributed by atoms with E-state index in [1.807, 2.05) is 91.0 Å². The third-order valence-corrected chi connectivity index (χ3v) is 9.91. The van der Waals surface area contributed by atoms with Crippen LogP contribution in [0, 0.1) is 17.5 Å². The third-order valence-electron chi connectivity index (χ3n) is 9.62. The van der Waals surface area contributed by atoms with Crippen molar-refractivity contribution in [3.63, 3.8) is 0 Å². The van der Waals surface area contributed by atoms with E-state index in [4.69, 9.17) is 21.4 Å². The van der Waals surface area contributed by atoms with Crippen LogP contribution in [0.2, 0.25) is 5.02 Å². The van der Waals surface area contributed by atoms with Gasteiger partial charge in [0.1, 0.15) is 17.7 Å². The molecular weight excluding hydrogens is 741 g/mol. The number of amides is 2. The number of rotatable bonds is 13. The Morgan fingerprint density at radius 2 is 1.43 bits per heavy atom. The first-order valence-electron chi connectivity index (χ1n) is 17.8. The molecule has 0 saturated carbocycles. The van der Waals surface area contributed by atoms with E-state index in [-0.39, 0.29) is 53.5 Å². The molecule has 1 atom stereocenters. The molecule has 0 fully saturated rings. The maximum absolute atomic E-state index is 14.9. The fourth-order valence-electron chi connectivity index (χ4n) is 6.92. The molecule has 0 saturated heterocycles. The number of hydrogen-bond acceptors (Lipinski definition) is 6. The van der Waals surface area contributed by atoms with Crippen LogP contribution >= 0.6 is 11.6 Å². The number of halogens is 4. The van der Waals surface area contributed by atoms with E-state index in [0.717, 1.165) is 34.9 Å². The van der Waals surface area contributed by atoms with E-state index in [0.29, 0.717) is 11.4 Å². The van der Waals surface area contributed by atoms with Gasteiger partial charge in [0.05, 0.1) is 11.1 Å². The van der Waals surface area contributed by atoms with Crippen LogP contribution in [0.4, 0.5) is 23.7 Å². The Morgan fingerprint density at radius 1 is 0.839 bits per heavy atom. The second kappa shape index (κ2) is 16.6. The van der Waals surface area contributed by atoms with E-state index in [2.05, 4.69) is 15.3 Å². The van der Waals surface area contributed by atoms with Crippen molar-refractivity contribution in [1.82, 2.24) is 24.6 Å². The molecule has 2 aromatic heterocycles. The summed E-state index contributed by atoms with van der Waals surface area (Å²) in [6.45, 7) is 1.41. The summed E-state index contributed by atoms with van der Waals surface area (Å²) in [6, 6.07) is 34.4. The Kier molecular flexibility index (Phi) is 11.3. The zero-order chi connectivity index (χ0) is 39.2. The second-order valence-electron chi connectivity index (χ2n) is 13.0. The number of nitrogens with zero attached hydrogens (tertiary/aromatic N) is 5. The van der Waals surface area contributed by atoms with Crippen LogP contribution in [0.1, 0.15) is 47.5 Å². The molecular formula is C43H36ClF3N6O3. The topological polar surface area (TPSA) is 105 Å². The Hall–Kier alpha value is -6.24. The second-order valence-corrected chi connectivity index (χ2v) is 13.4. The molecule has 7 rings (SSSR count). The van der Waals surface area contributed by atoms with Crippen LogP contribution in [0.25, 0.3) is 10.8 Å². The predicted octanol–water partition coefficient (Wildman–Crippen LogP) is 9.29. The Morgan fingerprint density at radius 3 is 2.00 bits per heavy atom. The maximum Gasteiger partial charge on any atom is 0.322 e. The number of ether oxygens (including phenoxy) is 1. The summed E-state index contributed by atoms with van der Waals surface area (Å²) in [5, 5.41) is 17.5. The zero-order valence-electron chi connectivity index (χ0n) is 30.1. The number of urea groups is 1. The summed E-state index contributed by atoms with van der Waals surface area (Å²) in [5.41, 5.74) is 2.58. The third kappa shape index (κ3) is 7.53. The van der Waals surface area contributed by atoms with Crippen molar-refractivity contribution in [2.75, 3.05) is 18.5 Å². The van der Waals surface area contributed by atoms with Crippen LogP contribution in [0.5, 0.6) is 5.88 Å². The maximum atomic E-state index is 14.9. The number of carbonyl (C=O) groups is 1. The number of aliphatic hydroxyl groups excluding tert-OH is 1. The molecule has 0 aliphatic rings. The van der Waals surface area contributed by atoms with Gasteiger partial charge in [-0.05, 0) is 65.8 Å². The largest absolute Gasteiger partial charge is 0.469 e. The fraction of sp³-hybridized carbons (Fsp3) is 0.163. The van der Waals surface area contributed by atoms with E-state index in [1.165, 1.54) is 23.2 Å². The molecule has 0 aliphatic heterocycles. The van der Waals surface area contributed by atoms with E-state index in [1.54, 1.807) is 17.9 Å². The molecule has 0 bridgehead atoms. The van der Waals surface area contributed by atoms with Crippen molar-refractivity contribution in [2.45, 2.75) is 31.5 Å². The van der Waals surface area contributed by atoms with Gasteiger partial charge >= 0.3 is 6.03 Å². The van der Waals surface area contributed by atoms with Gasteiger partial charge in [-0.25, -0.2) is 32.6 Å². The standard InChI is InChI=1S/C43H36ClF3N6O3/c1-28(52(20-11-21-54)42(55)50-32-18-19-37(45)36(44)22-32)35-25-48-41(34-24-39(47)38(46)23-33(34)35)56-26-40-49-27-53(51-40)43(29-12-5-2-6-13-29,30-14-7-3-8-15-30)31-16-9-4-10-17-31/h2-10,12-19,22-25,27-28,54H,11,20-21,26H2,1H3,(H,50,55)/t28-/m1/s1. The highest BCUT2D eigenvalue weighted by atomic mass is 35.5. The molecule has 56 heavy (non-hydrogen) atoms. The molecule has 5 aromatic carbocycles. The molecule has 0 aliphatic carbocycles. The molecule has 0 spiro atoms. The lowest BCUT2D eigenvalue weighted by Gasteiger charge is -2.35. The SMILES string of the molecule is C[C@H](c1cnc(OCc2ncn(C(c3ccccc3)(c3ccccc3)c3ccccc3)n2)c2cc(F)c(F)cc12)N(CCCO)C(=O)Nc1ccc(F)c(Cl)c1. The van der Waals surface area contributed by atoms with Gasteiger partial charge in [-0.2, -0.15) is 5.10 Å². The van der Waals surface area contributed by atoms with Crippen molar-refractivity contribution in [3.05, 3.63) is 184 Å². The van der Waals surface area contributed by atoms with E-state index >= 15 is 0 Å². The number of aliphatic hydroxyl groups is 1. The lowest BCUT2D eigenvalue weighted by Crippen LogP contribution is -2.38.